The minimum Gasteiger partial charge on any atom is -0.497 e. The zero-order valence-electron chi connectivity index (χ0n) is 16.5. The summed E-state index contributed by atoms with van der Waals surface area (Å²) in [5.74, 6) is 3.21. The maximum atomic E-state index is 5.41. The number of rotatable bonds is 7. The Bertz CT molecular complexity index is 1120. The fourth-order valence-corrected chi connectivity index (χ4v) is 3.84. The predicted octanol–water partition coefficient (Wildman–Crippen LogP) is 4.62. The van der Waals surface area contributed by atoms with Crippen molar-refractivity contribution in [1.29, 1.82) is 0 Å². The van der Waals surface area contributed by atoms with Gasteiger partial charge >= 0.3 is 0 Å². The molecule has 29 heavy (non-hydrogen) atoms. The predicted molar refractivity (Wildman–Crippen MR) is 112 cm³/mol. The van der Waals surface area contributed by atoms with Crippen LogP contribution < -0.4 is 4.74 Å². The Labute approximate surface area is 173 Å². The zero-order chi connectivity index (χ0) is 20.2. The second-order valence-corrected chi connectivity index (χ2v) is 7.39. The third-order valence-electron chi connectivity index (χ3n) is 4.43. The van der Waals surface area contributed by atoms with Crippen LogP contribution in [0.25, 0.3) is 22.8 Å². The lowest BCUT2D eigenvalue weighted by Gasteiger charge is -2.07. The van der Waals surface area contributed by atoms with Gasteiger partial charge in [0.25, 0.3) is 0 Å². The fraction of sp³-hybridized carbons (Fsp3) is 0.238. The first-order chi connectivity index (χ1) is 14.2. The van der Waals surface area contributed by atoms with Gasteiger partial charge in [0.05, 0.1) is 12.9 Å². The summed E-state index contributed by atoms with van der Waals surface area (Å²) in [6.45, 7) is 4.93. The number of hydrogen-bond acceptors (Lipinski definition) is 7. The lowest BCUT2D eigenvalue weighted by Crippen LogP contribution is -2.00. The van der Waals surface area contributed by atoms with Crippen molar-refractivity contribution >= 4 is 11.8 Å². The SMILES string of the molecule is CCn1c(SCc2nc(-c3cccc(OC)c3)no2)nnc1-c1cccc(C)c1. The summed E-state index contributed by atoms with van der Waals surface area (Å²) in [6, 6.07) is 15.8. The standard InChI is InChI=1S/C21H21N5O2S/c1-4-26-20(16-9-5-7-14(2)11-16)23-24-21(26)29-13-18-22-19(25-28-18)15-8-6-10-17(12-15)27-3/h5-12H,4,13H2,1-3H3. The van der Waals surface area contributed by atoms with Gasteiger partial charge in [0.15, 0.2) is 11.0 Å². The lowest BCUT2D eigenvalue weighted by molar-refractivity contribution is 0.391. The van der Waals surface area contributed by atoms with Gasteiger partial charge in [-0.15, -0.1) is 10.2 Å². The van der Waals surface area contributed by atoms with Crippen LogP contribution in [0.15, 0.2) is 58.2 Å². The molecule has 148 valence electrons. The largest absolute Gasteiger partial charge is 0.497 e. The number of aromatic nitrogens is 5. The Balaban J connectivity index is 1.51. The Kier molecular flexibility index (Phi) is 5.62. The molecule has 0 atom stereocenters. The molecule has 7 nitrogen and oxygen atoms in total. The summed E-state index contributed by atoms with van der Waals surface area (Å²) in [4.78, 5) is 4.49. The highest BCUT2D eigenvalue weighted by Gasteiger charge is 2.16. The topological polar surface area (TPSA) is 78.9 Å². The number of hydrogen-bond donors (Lipinski definition) is 0. The summed E-state index contributed by atoms with van der Waals surface area (Å²) in [7, 11) is 1.63. The van der Waals surface area contributed by atoms with Gasteiger partial charge in [-0.05, 0) is 32.0 Å². The van der Waals surface area contributed by atoms with E-state index in [9.17, 15) is 0 Å². The van der Waals surface area contributed by atoms with E-state index in [-0.39, 0.29) is 0 Å². The van der Waals surface area contributed by atoms with Gasteiger partial charge < -0.3 is 13.8 Å². The molecule has 0 bridgehead atoms. The van der Waals surface area contributed by atoms with Crippen molar-refractivity contribution in [3.8, 4) is 28.5 Å². The number of aryl methyl sites for hydroxylation is 1. The molecule has 4 aromatic rings. The quantitative estimate of drug-likeness (QED) is 0.413. The molecule has 0 aliphatic rings. The molecule has 0 N–H and O–H groups in total. The maximum absolute atomic E-state index is 5.41. The lowest BCUT2D eigenvalue weighted by atomic mass is 10.1. The van der Waals surface area contributed by atoms with E-state index in [1.807, 2.05) is 30.3 Å². The van der Waals surface area contributed by atoms with Crippen molar-refractivity contribution in [2.45, 2.75) is 31.3 Å². The molecule has 0 spiro atoms. The van der Waals surface area contributed by atoms with Crippen molar-refractivity contribution in [2.75, 3.05) is 7.11 Å². The Morgan fingerprint density at radius 2 is 1.90 bits per heavy atom. The third kappa shape index (κ3) is 4.17. The van der Waals surface area contributed by atoms with Crippen LogP contribution in [0.4, 0.5) is 0 Å². The Hall–Kier alpha value is -3.13. The van der Waals surface area contributed by atoms with Gasteiger partial charge in [-0.2, -0.15) is 4.98 Å². The summed E-state index contributed by atoms with van der Waals surface area (Å²) in [6.07, 6.45) is 0. The average molecular weight is 407 g/mol. The summed E-state index contributed by atoms with van der Waals surface area (Å²) in [5.41, 5.74) is 3.10. The van der Waals surface area contributed by atoms with Gasteiger partial charge in [0.2, 0.25) is 11.7 Å². The fourth-order valence-electron chi connectivity index (χ4n) is 3.00. The number of nitrogens with zero attached hydrogens (tertiary/aromatic N) is 5. The van der Waals surface area contributed by atoms with Crippen molar-refractivity contribution < 1.29 is 9.26 Å². The van der Waals surface area contributed by atoms with Crippen molar-refractivity contribution in [3.63, 3.8) is 0 Å². The summed E-state index contributed by atoms with van der Waals surface area (Å²) < 4.78 is 12.8. The molecule has 4 rings (SSSR count). The van der Waals surface area contributed by atoms with Crippen LogP contribution in [0.3, 0.4) is 0 Å². The summed E-state index contributed by atoms with van der Waals surface area (Å²) >= 11 is 1.53. The Morgan fingerprint density at radius 3 is 2.69 bits per heavy atom. The first kappa shape index (κ1) is 19.2. The van der Waals surface area contributed by atoms with Crippen LogP contribution in [-0.4, -0.2) is 32.0 Å². The van der Waals surface area contributed by atoms with Gasteiger partial charge in [0.1, 0.15) is 5.75 Å². The average Bonchev–Trinajstić information content (AvgIpc) is 3.39. The second-order valence-electron chi connectivity index (χ2n) is 6.45. The first-order valence-corrected chi connectivity index (χ1v) is 10.3. The third-order valence-corrected chi connectivity index (χ3v) is 5.38. The van der Waals surface area contributed by atoms with E-state index in [1.165, 1.54) is 17.3 Å². The molecular weight excluding hydrogens is 386 g/mol. The highest BCUT2D eigenvalue weighted by molar-refractivity contribution is 7.98. The van der Waals surface area contributed by atoms with Crippen LogP contribution in [0.2, 0.25) is 0 Å². The number of methoxy groups -OCH3 is 1. The smallest absolute Gasteiger partial charge is 0.237 e. The van der Waals surface area contributed by atoms with Crippen LogP contribution in [0.5, 0.6) is 5.75 Å². The van der Waals surface area contributed by atoms with Gasteiger partial charge in [0, 0.05) is 17.7 Å². The van der Waals surface area contributed by atoms with E-state index < -0.39 is 0 Å². The van der Waals surface area contributed by atoms with Gasteiger partial charge in [-0.1, -0.05) is 52.8 Å². The second kappa shape index (κ2) is 8.48. The van der Waals surface area contributed by atoms with E-state index >= 15 is 0 Å². The van der Waals surface area contributed by atoms with E-state index in [0.29, 0.717) is 17.5 Å². The molecule has 0 amide bonds. The van der Waals surface area contributed by atoms with Crippen LogP contribution in [0, 0.1) is 6.92 Å². The first-order valence-electron chi connectivity index (χ1n) is 9.28. The minimum atomic E-state index is 0.517. The van der Waals surface area contributed by atoms with E-state index in [2.05, 4.69) is 57.0 Å². The van der Waals surface area contributed by atoms with Gasteiger partial charge in [-0.3, -0.25) is 0 Å². The van der Waals surface area contributed by atoms with Crippen molar-refractivity contribution in [1.82, 2.24) is 24.9 Å². The summed E-state index contributed by atoms with van der Waals surface area (Å²) in [5, 5.41) is 13.7. The van der Waals surface area contributed by atoms with E-state index in [1.54, 1.807) is 7.11 Å². The normalized spacial score (nSPS) is 11.0. The van der Waals surface area contributed by atoms with Crippen molar-refractivity contribution in [3.05, 3.63) is 60.0 Å². The van der Waals surface area contributed by atoms with Gasteiger partial charge in [-0.25, -0.2) is 0 Å². The molecule has 0 radical (unpaired) electrons. The van der Waals surface area contributed by atoms with E-state index in [4.69, 9.17) is 9.26 Å². The van der Waals surface area contributed by atoms with E-state index in [0.717, 1.165) is 34.4 Å². The molecule has 8 heteroatoms. The molecule has 0 saturated carbocycles. The molecule has 0 aliphatic heterocycles. The van der Waals surface area contributed by atoms with Crippen LogP contribution >= 0.6 is 11.8 Å². The molecule has 2 heterocycles. The van der Waals surface area contributed by atoms with Crippen LogP contribution in [-0.2, 0) is 12.3 Å². The number of benzene rings is 2. The molecule has 2 aromatic carbocycles. The molecular formula is C21H21N5O2S. The number of ether oxygens (including phenoxy) is 1. The molecule has 0 aliphatic carbocycles. The molecule has 0 unspecified atom stereocenters. The van der Waals surface area contributed by atoms with Crippen LogP contribution in [0.1, 0.15) is 18.4 Å². The molecule has 0 saturated heterocycles. The molecule has 2 aromatic heterocycles. The van der Waals surface area contributed by atoms with Crippen molar-refractivity contribution in [2.24, 2.45) is 0 Å². The Morgan fingerprint density at radius 1 is 1.07 bits per heavy atom. The highest BCUT2D eigenvalue weighted by atomic mass is 32.2. The highest BCUT2D eigenvalue weighted by Crippen LogP contribution is 2.27. The maximum Gasteiger partial charge on any atom is 0.237 e. The number of thioether (sulfide) groups is 1. The minimum absolute atomic E-state index is 0.517. The monoisotopic (exact) mass is 407 g/mol. The zero-order valence-corrected chi connectivity index (χ0v) is 17.3. The molecule has 0 fully saturated rings.